The van der Waals surface area contributed by atoms with Gasteiger partial charge in [0.15, 0.2) is 6.61 Å². The number of rotatable bonds is 6. The highest BCUT2D eigenvalue weighted by molar-refractivity contribution is 5.91. The van der Waals surface area contributed by atoms with Crippen molar-refractivity contribution >= 4 is 11.9 Å². The number of carbonyl (C=O) groups is 2. The van der Waals surface area contributed by atoms with Crippen molar-refractivity contribution in [3.05, 3.63) is 53.3 Å². The van der Waals surface area contributed by atoms with Crippen molar-refractivity contribution in [2.24, 2.45) is 5.92 Å². The van der Waals surface area contributed by atoms with Crippen LogP contribution in [0.15, 0.2) is 36.4 Å². The fraction of sp³-hybridized carbons (Fsp3) is 0.368. The van der Waals surface area contributed by atoms with Crippen LogP contribution in [0.3, 0.4) is 0 Å². The van der Waals surface area contributed by atoms with Gasteiger partial charge in [-0.2, -0.15) is 0 Å². The first-order chi connectivity index (χ1) is 11.4. The molecule has 5 heteroatoms. The largest absolute Gasteiger partial charge is 0.452 e. The fourth-order valence-electron chi connectivity index (χ4n) is 2.41. The molecule has 0 aliphatic rings. The molecule has 0 spiro atoms. The van der Waals surface area contributed by atoms with Crippen molar-refractivity contribution in [1.29, 1.82) is 0 Å². The van der Waals surface area contributed by atoms with Crippen LogP contribution in [0, 0.1) is 19.8 Å². The zero-order valence-electron chi connectivity index (χ0n) is 14.6. The summed E-state index contributed by atoms with van der Waals surface area (Å²) in [6.07, 6.45) is 0. The van der Waals surface area contributed by atoms with Gasteiger partial charge in [-0.1, -0.05) is 13.8 Å². The number of nitrogens with one attached hydrogen (secondary N) is 1. The van der Waals surface area contributed by atoms with Crippen LogP contribution in [0.1, 0.15) is 35.6 Å². The molecule has 1 N–H and O–H groups in total. The first-order valence-electron chi connectivity index (χ1n) is 8.07. The van der Waals surface area contributed by atoms with E-state index in [9.17, 15) is 9.59 Å². The summed E-state index contributed by atoms with van der Waals surface area (Å²) in [7, 11) is 0. The lowest BCUT2D eigenvalue weighted by Crippen LogP contribution is -2.31. The zero-order chi connectivity index (χ0) is 17.7. The molecular formula is C19H24N2O3. The third kappa shape index (κ3) is 4.47. The van der Waals surface area contributed by atoms with E-state index in [-0.39, 0.29) is 12.5 Å². The lowest BCUT2D eigenvalue weighted by Gasteiger charge is -2.11. The molecule has 2 aromatic rings. The molecule has 1 aromatic heterocycles. The smallest absolute Gasteiger partial charge is 0.338 e. The summed E-state index contributed by atoms with van der Waals surface area (Å²) in [6.45, 7) is 8.38. The van der Waals surface area contributed by atoms with Crippen molar-refractivity contribution in [2.45, 2.75) is 27.7 Å². The first-order valence-corrected chi connectivity index (χ1v) is 8.07. The maximum atomic E-state index is 12.0. The Kier molecular flexibility index (Phi) is 5.79. The van der Waals surface area contributed by atoms with Gasteiger partial charge in [0.1, 0.15) is 0 Å². The van der Waals surface area contributed by atoms with Gasteiger partial charge >= 0.3 is 5.97 Å². The molecule has 0 radical (unpaired) electrons. The highest BCUT2D eigenvalue weighted by Gasteiger charge is 2.11. The molecule has 24 heavy (non-hydrogen) atoms. The van der Waals surface area contributed by atoms with Gasteiger partial charge in [0.25, 0.3) is 5.91 Å². The number of carbonyl (C=O) groups excluding carboxylic acids is 2. The molecule has 0 aliphatic carbocycles. The Hall–Kier alpha value is -2.56. The van der Waals surface area contributed by atoms with Crippen molar-refractivity contribution in [2.75, 3.05) is 13.2 Å². The Labute approximate surface area is 142 Å². The lowest BCUT2D eigenvalue weighted by molar-refractivity contribution is -0.124. The number of hydrogen-bond acceptors (Lipinski definition) is 3. The summed E-state index contributed by atoms with van der Waals surface area (Å²) in [6, 6.07) is 11.3. The van der Waals surface area contributed by atoms with Crippen LogP contribution in [0.2, 0.25) is 0 Å². The predicted octanol–water partition coefficient (Wildman–Crippen LogP) is 3.02. The average Bonchev–Trinajstić information content (AvgIpc) is 2.89. The van der Waals surface area contributed by atoms with Crippen LogP contribution in [-0.2, 0) is 9.53 Å². The minimum absolute atomic E-state index is 0.261. The summed E-state index contributed by atoms with van der Waals surface area (Å²) in [4.78, 5) is 23.6. The molecule has 2 rings (SSSR count). The van der Waals surface area contributed by atoms with Gasteiger partial charge in [-0.05, 0) is 56.2 Å². The summed E-state index contributed by atoms with van der Waals surface area (Å²) < 4.78 is 7.15. The molecule has 5 nitrogen and oxygen atoms in total. The maximum absolute atomic E-state index is 12.0. The van der Waals surface area contributed by atoms with Gasteiger partial charge < -0.3 is 14.6 Å². The Morgan fingerprint density at radius 3 is 2.17 bits per heavy atom. The Morgan fingerprint density at radius 1 is 1.04 bits per heavy atom. The van der Waals surface area contributed by atoms with Crippen LogP contribution in [-0.4, -0.2) is 29.6 Å². The summed E-state index contributed by atoms with van der Waals surface area (Å²) in [5.41, 5.74) is 3.67. The quantitative estimate of drug-likeness (QED) is 0.829. The van der Waals surface area contributed by atoms with E-state index < -0.39 is 5.97 Å². The number of aryl methyl sites for hydroxylation is 2. The highest BCUT2D eigenvalue weighted by Crippen LogP contribution is 2.17. The molecule has 0 saturated heterocycles. The Bertz CT molecular complexity index is 695. The fourth-order valence-corrected chi connectivity index (χ4v) is 2.41. The number of nitrogens with zero attached hydrogens (tertiary/aromatic N) is 1. The molecule has 1 amide bonds. The molecule has 1 heterocycles. The second kappa shape index (κ2) is 7.81. The molecule has 0 unspecified atom stereocenters. The number of ether oxygens (including phenoxy) is 1. The van der Waals surface area contributed by atoms with E-state index in [2.05, 4.69) is 9.88 Å². The van der Waals surface area contributed by atoms with Gasteiger partial charge in [-0.25, -0.2) is 4.79 Å². The van der Waals surface area contributed by atoms with E-state index >= 15 is 0 Å². The van der Waals surface area contributed by atoms with Crippen molar-refractivity contribution in [1.82, 2.24) is 9.88 Å². The van der Waals surface area contributed by atoms with Gasteiger partial charge in [0.05, 0.1) is 5.56 Å². The van der Waals surface area contributed by atoms with E-state index in [1.54, 1.807) is 12.1 Å². The van der Waals surface area contributed by atoms with Gasteiger partial charge in [-0.3, -0.25) is 4.79 Å². The van der Waals surface area contributed by atoms with E-state index in [0.717, 1.165) is 17.1 Å². The maximum Gasteiger partial charge on any atom is 0.338 e. The molecule has 0 bridgehead atoms. The molecule has 0 aliphatic heterocycles. The second-order valence-electron chi connectivity index (χ2n) is 6.27. The van der Waals surface area contributed by atoms with Crippen LogP contribution in [0.4, 0.5) is 0 Å². The number of hydrogen-bond donors (Lipinski definition) is 1. The topological polar surface area (TPSA) is 60.3 Å². The van der Waals surface area contributed by atoms with E-state index in [0.29, 0.717) is 18.0 Å². The second-order valence-corrected chi connectivity index (χ2v) is 6.27. The molecule has 1 aromatic carbocycles. The van der Waals surface area contributed by atoms with Gasteiger partial charge in [0.2, 0.25) is 0 Å². The monoisotopic (exact) mass is 328 g/mol. The molecule has 0 atom stereocenters. The minimum atomic E-state index is -0.498. The van der Waals surface area contributed by atoms with Crippen LogP contribution in [0.25, 0.3) is 5.69 Å². The zero-order valence-corrected chi connectivity index (χ0v) is 14.6. The standard InChI is InChI=1S/C19H24N2O3/c1-13(2)11-20-18(22)12-24-19(23)16-7-9-17(10-8-16)21-14(3)5-6-15(21)4/h5-10,13H,11-12H2,1-4H3,(H,20,22). The van der Waals surface area contributed by atoms with Crippen molar-refractivity contribution in [3.8, 4) is 5.69 Å². The van der Waals surface area contributed by atoms with Crippen LogP contribution in [0.5, 0.6) is 0 Å². The first kappa shape index (κ1) is 17.8. The van der Waals surface area contributed by atoms with Gasteiger partial charge in [0, 0.05) is 23.6 Å². The summed E-state index contributed by atoms with van der Waals surface area (Å²) in [5.74, 6) is -0.424. The molecule has 128 valence electrons. The van der Waals surface area contributed by atoms with E-state index in [4.69, 9.17) is 4.74 Å². The predicted molar refractivity (Wildman–Crippen MR) is 93.4 cm³/mol. The Morgan fingerprint density at radius 2 is 1.62 bits per heavy atom. The third-order valence-corrected chi connectivity index (χ3v) is 3.67. The SMILES string of the molecule is Cc1ccc(C)n1-c1ccc(C(=O)OCC(=O)NCC(C)C)cc1. The number of aromatic nitrogens is 1. The van der Waals surface area contributed by atoms with E-state index in [1.807, 2.05) is 52.0 Å². The normalized spacial score (nSPS) is 10.7. The van der Waals surface area contributed by atoms with Gasteiger partial charge in [-0.15, -0.1) is 0 Å². The third-order valence-electron chi connectivity index (χ3n) is 3.67. The van der Waals surface area contributed by atoms with Crippen LogP contribution < -0.4 is 5.32 Å². The molecule has 0 fully saturated rings. The lowest BCUT2D eigenvalue weighted by atomic mass is 10.2. The summed E-state index contributed by atoms with van der Waals surface area (Å²) in [5, 5.41) is 2.71. The minimum Gasteiger partial charge on any atom is -0.452 e. The highest BCUT2D eigenvalue weighted by atomic mass is 16.5. The Balaban J connectivity index is 1.96. The number of benzene rings is 1. The molecule has 0 saturated carbocycles. The van der Waals surface area contributed by atoms with Crippen molar-refractivity contribution < 1.29 is 14.3 Å². The number of amides is 1. The molecular weight excluding hydrogens is 304 g/mol. The van der Waals surface area contributed by atoms with Crippen LogP contribution >= 0.6 is 0 Å². The van der Waals surface area contributed by atoms with E-state index in [1.165, 1.54) is 0 Å². The summed E-state index contributed by atoms with van der Waals surface area (Å²) >= 11 is 0. The number of esters is 1. The van der Waals surface area contributed by atoms with Crippen molar-refractivity contribution in [3.63, 3.8) is 0 Å². The average molecular weight is 328 g/mol.